The van der Waals surface area contributed by atoms with Crippen LogP contribution in [0.2, 0.25) is 0 Å². The zero-order valence-electron chi connectivity index (χ0n) is 8.12. The number of ether oxygens (including phenoxy) is 1. The number of benzene rings is 1. The van der Waals surface area contributed by atoms with Gasteiger partial charge in [-0.1, -0.05) is 38.9 Å². The fourth-order valence-electron chi connectivity index (χ4n) is 1.11. The summed E-state index contributed by atoms with van der Waals surface area (Å²) in [5.74, 6) is 0. The van der Waals surface area contributed by atoms with Crippen molar-refractivity contribution in [1.29, 1.82) is 0 Å². The van der Waals surface area contributed by atoms with Crippen molar-refractivity contribution in [3.63, 3.8) is 0 Å². The first kappa shape index (κ1) is 10.7. The third-order valence-corrected chi connectivity index (χ3v) is 3.12. The molecule has 0 spiro atoms. The summed E-state index contributed by atoms with van der Waals surface area (Å²) >= 11 is 0. The second-order valence-corrected chi connectivity index (χ2v) is 4.27. The van der Waals surface area contributed by atoms with Crippen LogP contribution < -0.4 is 5.30 Å². The normalized spacial score (nSPS) is 11.2. The summed E-state index contributed by atoms with van der Waals surface area (Å²) in [6.45, 7) is 3.80. The molecule has 1 atom stereocenters. The number of rotatable bonds is 6. The fourth-order valence-corrected chi connectivity index (χ4v) is 2.15. The minimum Gasteiger partial charge on any atom is -0.382 e. The molecule has 0 fully saturated rings. The predicted molar refractivity (Wildman–Crippen MR) is 60.4 cm³/mol. The summed E-state index contributed by atoms with van der Waals surface area (Å²) in [6, 6.07) is 10.7. The average molecular weight is 196 g/mol. The average Bonchev–Trinajstić information content (AvgIpc) is 2.19. The van der Waals surface area contributed by atoms with Crippen molar-refractivity contribution in [2.24, 2.45) is 0 Å². The Bertz CT molecular complexity index is 211. The highest BCUT2D eigenvalue weighted by Crippen LogP contribution is 2.10. The summed E-state index contributed by atoms with van der Waals surface area (Å²) in [6.07, 6.45) is 2.44. The highest BCUT2D eigenvalue weighted by Gasteiger charge is 1.91. The predicted octanol–water partition coefficient (Wildman–Crippen LogP) is 2.42. The van der Waals surface area contributed by atoms with Crippen molar-refractivity contribution in [1.82, 2.24) is 0 Å². The first-order valence-corrected chi connectivity index (χ1v) is 6.01. The maximum atomic E-state index is 5.28. The van der Waals surface area contributed by atoms with Crippen molar-refractivity contribution in [3.8, 4) is 0 Å². The maximum absolute atomic E-state index is 5.28. The molecule has 0 heterocycles. The molecule has 1 unspecified atom stereocenters. The summed E-state index contributed by atoms with van der Waals surface area (Å²) in [7, 11) is 0.936. The Morgan fingerprint density at radius 3 is 2.69 bits per heavy atom. The second kappa shape index (κ2) is 7.06. The van der Waals surface area contributed by atoms with Gasteiger partial charge in [-0.05, 0) is 24.8 Å². The van der Waals surface area contributed by atoms with E-state index in [-0.39, 0.29) is 0 Å². The van der Waals surface area contributed by atoms with Gasteiger partial charge < -0.3 is 4.74 Å². The Morgan fingerprint density at radius 1 is 1.23 bits per heavy atom. The first-order chi connectivity index (χ1) is 6.43. The fraction of sp³-hybridized carbons (Fsp3) is 0.455. The van der Waals surface area contributed by atoms with E-state index in [9.17, 15) is 0 Å². The lowest BCUT2D eigenvalue weighted by Crippen LogP contribution is -1.98. The summed E-state index contributed by atoms with van der Waals surface area (Å²) in [5.41, 5.74) is 0. The lowest BCUT2D eigenvalue weighted by atomic mass is 10.4. The van der Waals surface area contributed by atoms with E-state index in [1.165, 1.54) is 17.9 Å². The molecule has 1 aromatic carbocycles. The standard InChI is InChI=1S/C11H17OP/c1-2-12-9-6-10-13-11-7-4-3-5-8-11/h3-5,7-8,13H,2,6,9-10H2,1H3. The Kier molecular flexibility index (Phi) is 5.80. The quantitative estimate of drug-likeness (QED) is 0.501. The van der Waals surface area contributed by atoms with E-state index in [2.05, 4.69) is 30.3 Å². The molecule has 2 heteroatoms. The Hall–Kier alpha value is -0.390. The zero-order valence-corrected chi connectivity index (χ0v) is 9.12. The van der Waals surface area contributed by atoms with Gasteiger partial charge >= 0.3 is 0 Å². The lowest BCUT2D eigenvalue weighted by Gasteiger charge is -2.01. The van der Waals surface area contributed by atoms with Crippen LogP contribution in [0.15, 0.2) is 30.3 Å². The van der Waals surface area contributed by atoms with Crippen molar-refractivity contribution >= 4 is 13.9 Å². The summed E-state index contributed by atoms with van der Waals surface area (Å²) < 4.78 is 5.28. The first-order valence-electron chi connectivity index (χ1n) is 4.80. The third-order valence-electron chi connectivity index (χ3n) is 1.77. The summed E-state index contributed by atoms with van der Waals surface area (Å²) in [4.78, 5) is 0. The van der Waals surface area contributed by atoms with E-state index in [0.717, 1.165) is 21.8 Å². The molecule has 0 aliphatic heterocycles. The van der Waals surface area contributed by atoms with Crippen LogP contribution in [0.5, 0.6) is 0 Å². The van der Waals surface area contributed by atoms with Crippen LogP contribution in [0.4, 0.5) is 0 Å². The molecule has 0 bridgehead atoms. The van der Waals surface area contributed by atoms with Gasteiger partial charge in [0.05, 0.1) is 0 Å². The van der Waals surface area contributed by atoms with Crippen molar-refractivity contribution in [3.05, 3.63) is 30.3 Å². The SMILES string of the molecule is CCOCCCPc1ccccc1. The van der Waals surface area contributed by atoms with Gasteiger partial charge in [-0.25, -0.2) is 0 Å². The van der Waals surface area contributed by atoms with Crippen LogP contribution in [0.1, 0.15) is 13.3 Å². The van der Waals surface area contributed by atoms with Crippen LogP contribution in [-0.2, 0) is 4.74 Å². The molecule has 0 aromatic heterocycles. The molecule has 1 aromatic rings. The third kappa shape index (κ3) is 5.02. The minimum absolute atomic E-state index is 0.842. The van der Waals surface area contributed by atoms with E-state index in [1.54, 1.807) is 0 Å². The molecule has 1 nitrogen and oxygen atoms in total. The van der Waals surface area contributed by atoms with Crippen molar-refractivity contribution < 1.29 is 4.74 Å². The molecule has 0 N–H and O–H groups in total. The van der Waals surface area contributed by atoms with Gasteiger partial charge in [0, 0.05) is 13.2 Å². The molecule has 0 aliphatic carbocycles. The van der Waals surface area contributed by atoms with E-state index in [1.807, 2.05) is 6.92 Å². The minimum atomic E-state index is 0.842. The molecule has 0 aliphatic rings. The molecule has 0 amide bonds. The van der Waals surface area contributed by atoms with Crippen molar-refractivity contribution in [2.45, 2.75) is 13.3 Å². The van der Waals surface area contributed by atoms with Gasteiger partial charge in [0.15, 0.2) is 0 Å². The highest BCUT2D eigenvalue weighted by molar-refractivity contribution is 7.47. The molecule has 72 valence electrons. The van der Waals surface area contributed by atoms with Crippen LogP contribution in [0.3, 0.4) is 0 Å². The molecule has 13 heavy (non-hydrogen) atoms. The van der Waals surface area contributed by atoms with Crippen LogP contribution in [0, 0.1) is 0 Å². The van der Waals surface area contributed by atoms with Gasteiger partial charge in [0.2, 0.25) is 0 Å². The smallest absolute Gasteiger partial charge is 0.0469 e. The summed E-state index contributed by atoms with van der Waals surface area (Å²) in [5, 5.41) is 1.46. The van der Waals surface area contributed by atoms with Gasteiger partial charge in [-0.3, -0.25) is 0 Å². The topological polar surface area (TPSA) is 9.23 Å². The number of hydrogen-bond acceptors (Lipinski definition) is 1. The molecular weight excluding hydrogens is 179 g/mol. The Morgan fingerprint density at radius 2 is 2.00 bits per heavy atom. The van der Waals surface area contributed by atoms with Gasteiger partial charge in [0.25, 0.3) is 0 Å². The van der Waals surface area contributed by atoms with Crippen LogP contribution in [-0.4, -0.2) is 19.4 Å². The molecular formula is C11H17OP. The molecule has 0 radical (unpaired) electrons. The van der Waals surface area contributed by atoms with E-state index in [4.69, 9.17) is 4.74 Å². The monoisotopic (exact) mass is 196 g/mol. The second-order valence-electron chi connectivity index (χ2n) is 2.84. The lowest BCUT2D eigenvalue weighted by molar-refractivity contribution is 0.149. The van der Waals surface area contributed by atoms with Gasteiger partial charge in [0.1, 0.15) is 0 Å². The van der Waals surface area contributed by atoms with Gasteiger partial charge in [-0.2, -0.15) is 0 Å². The van der Waals surface area contributed by atoms with Gasteiger partial charge in [-0.15, -0.1) is 0 Å². The molecule has 0 saturated carbocycles. The van der Waals surface area contributed by atoms with E-state index in [0.29, 0.717) is 0 Å². The zero-order chi connectivity index (χ0) is 9.36. The van der Waals surface area contributed by atoms with E-state index < -0.39 is 0 Å². The number of hydrogen-bond donors (Lipinski definition) is 0. The Balaban J connectivity index is 2.07. The van der Waals surface area contributed by atoms with Crippen LogP contribution >= 0.6 is 8.58 Å². The maximum Gasteiger partial charge on any atom is 0.0469 e. The van der Waals surface area contributed by atoms with Crippen LogP contribution in [0.25, 0.3) is 0 Å². The van der Waals surface area contributed by atoms with Crippen molar-refractivity contribution in [2.75, 3.05) is 19.4 Å². The largest absolute Gasteiger partial charge is 0.382 e. The Labute approximate surface area is 82.3 Å². The molecule has 0 saturated heterocycles. The highest BCUT2D eigenvalue weighted by atomic mass is 31.1. The van der Waals surface area contributed by atoms with E-state index >= 15 is 0 Å². The molecule has 1 rings (SSSR count).